The van der Waals surface area contributed by atoms with E-state index in [9.17, 15) is 4.79 Å². The molecule has 4 heterocycles. The quantitative estimate of drug-likeness (QED) is 0.581. The molecule has 1 aromatic carbocycles. The van der Waals surface area contributed by atoms with Gasteiger partial charge in [-0.3, -0.25) is 4.79 Å². The monoisotopic (exact) mass is 388 g/mol. The molecule has 0 radical (unpaired) electrons. The summed E-state index contributed by atoms with van der Waals surface area (Å²) >= 11 is 0. The van der Waals surface area contributed by atoms with E-state index in [2.05, 4.69) is 20.3 Å². The summed E-state index contributed by atoms with van der Waals surface area (Å²) in [7, 11) is 0. The number of carbonyl (C=O) groups excluding carboxylic acids is 1. The van der Waals surface area contributed by atoms with Crippen LogP contribution in [-0.4, -0.2) is 55.0 Å². The molecule has 3 aromatic heterocycles. The van der Waals surface area contributed by atoms with E-state index in [0.717, 1.165) is 29.3 Å². The Kier molecular flexibility index (Phi) is 4.44. The molecule has 1 amide bonds. The molecule has 5 rings (SSSR count). The summed E-state index contributed by atoms with van der Waals surface area (Å²) in [4.78, 5) is 18.0. The molecule has 8 heteroatoms. The summed E-state index contributed by atoms with van der Waals surface area (Å²) in [5.74, 6) is 1.19. The van der Waals surface area contributed by atoms with Crippen molar-refractivity contribution in [2.75, 3.05) is 13.1 Å². The minimum absolute atomic E-state index is 0.0203. The van der Waals surface area contributed by atoms with Gasteiger partial charge in [0.05, 0.1) is 5.56 Å². The molecule has 1 saturated heterocycles. The van der Waals surface area contributed by atoms with Gasteiger partial charge in [0, 0.05) is 61.5 Å². The summed E-state index contributed by atoms with van der Waals surface area (Å²) in [5, 5.41) is 13.4. The molecule has 0 bridgehead atoms. The molecule has 0 saturated carbocycles. The number of nitrogens with one attached hydrogen (secondary N) is 1. The van der Waals surface area contributed by atoms with Crippen molar-refractivity contribution in [3.63, 3.8) is 0 Å². The number of benzene rings is 1. The third kappa shape index (κ3) is 3.44. The molecule has 146 valence electrons. The fourth-order valence-corrected chi connectivity index (χ4v) is 3.67. The van der Waals surface area contributed by atoms with Gasteiger partial charge in [0.15, 0.2) is 5.82 Å². The fourth-order valence-electron chi connectivity index (χ4n) is 3.67. The Hall–Kier alpha value is -3.68. The van der Waals surface area contributed by atoms with Gasteiger partial charge in [-0.05, 0) is 18.2 Å². The number of carbonyl (C=O) groups is 1. The number of hydrogen-bond acceptors (Lipinski definition) is 5. The van der Waals surface area contributed by atoms with Gasteiger partial charge >= 0.3 is 0 Å². The van der Waals surface area contributed by atoms with Crippen molar-refractivity contribution in [3.05, 3.63) is 66.6 Å². The Morgan fingerprint density at radius 1 is 1.07 bits per heavy atom. The molecular formula is C21H20N6O2. The Morgan fingerprint density at radius 2 is 1.93 bits per heavy atom. The maximum absolute atomic E-state index is 12.9. The normalized spacial score (nSPS) is 15.0. The lowest BCUT2D eigenvalue weighted by Crippen LogP contribution is -2.41. The zero-order valence-corrected chi connectivity index (χ0v) is 15.7. The number of amides is 1. The van der Waals surface area contributed by atoms with Crippen LogP contribution in [0, 0.1) is 0 Å². The lowest BCUT2D eigenvalue weighted by atomic mass is 10.1. The first-order chi connectivity index (χ1) is 14.3. The molecule has 1 aliphatic heterocycles. The number of rotatable bonds is 4. The van der Waals surface area contributed by atoms with Crippen molar-refractivity contribution in [1.82, 2.24) is 29.9 Å². The maximum Gasteiger partial charge on any atom is 0.256 e. The van der Waals surface area contributed by atoms with Crippen molar-refractivity contribution in [3.8, 4) is 11.7 Å². The molecule has 0 spiro atoms. The van der Waals surface area contributed by atoms with E-state index in [1.807, 2.05) is 47.5 Å². The first kappa shape index (κ1) is 17.4. The molecule has 0 aliphatic carbocycles. The summed E-state index contributed by atoms with van der Waals surface area (Å²) in [6.07, 6.45) is 6.84. The van der Waals surface area contributed by atoms with E-state index in [4.69, 9.17) is 4.74 Å². The van der Waals surface area contributed by atoms with Gasteiger partial charge < -0.3 is 14.6 Å². The van der Waals surface area contributed by atoms with Crippen LogP contribution in [0.3, 0.4) is 0 Å². The molecule has 1 fully saturated rings. The SMILES string of the molecule is O=C(c1c[nH]c2ccccc12)N1CCC(Oc2ccc(-n3cccn3)nn2)CC1. The second kappa shape index (κ2) is 7.38. The van der Waals surface area contributed by atoms with Gasteiger partial charge in [0.25, 0.3) is 5.91 Å². The van der Waals surface area contributed by atoms with E-state index >= 15 is 0 Å². The number of H-pyrrole nitrogens is 1. The topological polar surface area (TPSA) is 88.9 Å². The third-order valence-corrected chi connectivity index (χ3v) is 5.20. The first-order valence-corrected chi connectivity index (χ1v) is 9.64. The van der Waals surface area contributed by atoms with Gasteiger partial charge in [-0.1, -0.05) is 18.2 Å². The number of piperidine rings is 1. The second-order valence-corrected chi connectivity index (χ2v) is 7.04. The minimum Gasteiger partial charge on any atom is -0.473 e. The van der Waals surface area contributed by atoms with E-state index < -0.39 is 0 Å². The van der Waals surface area contributed by atoms with E-state index in [1.54, 1.807) is 23.1 Å². The molecule has 8 nitrogen and oxygen atoms in total. The van der Waals surface area contributed by atoms with Crippen LogP contribution in [0.4, 0.5) is 0 Å². The highest BCUT2D eigenvalue weighted by atomic mass is 16.5. The molecular weight excluding hydrogens is 368 g/mol. The van der Waals surface area contributed by atoms with E-state index in [1.165, 1.54) is 0 Å². The molecule has 29 heavy (non-hydrogen) atoms. The maximum atomic E-state index is 12.9. The van der Waals surface area contributed by atoms with Crippen molar-refractivity contribution in [1.29, 1.82) is 0 Å². The van der Waals surface area contributed by atoms with Gasteiger partial charge in [0.2, 0.25) is 5.88 Å². The van der Waals surface area contributed by atoms with Crippen LogP contribution in [0.1, 0.15) is 23.2 Å². The highest BCUT2D eigenvalue weighted by Crippen LogP contribution is 2.23. The van der Waals surface area contributed by atoms with Crippen molar-refractivity contribution in [2.24, 2.45) is 0 Å². The summed E-state index contributed by atoms with van der Waals surface area (Å²) < 4.78 is 7.61. The average Bonchev–Trinajstić information content (AvgIpc) is 3.45. The fraction of sp³-hybridized carbons (Fsp3) is 0.238. The van der Waals surface area contributed by atoms with E-state index in [0.29, 0.717) is 24.8 Å². The van der Waals surface area contributed by atoms with E-state index in [-0.39, 0.29) is 12.0 Å². The number of ether oxygens (including phenoxy) is 1. The van der Waals surface area contributed by atoms with Crippen LogP contribution in [0.5, 0.6) is 5.88 Å². The van der Waals surface area contributed by atoms with Crippen LogP contribution >= 0.6 is 0 Å². The molecule has 1 N–H and O–H groups in total. The van der Waals surface area contributed by atoms with Crippen LogP contribution < -0.4 is 4.74 Å². The third-order valence-electron chi connectivity index (χ3n) is 5.20. The second-order valence-electron chi connectivity index (χ2n) is 7.04. The number of likely N-dealkylation sites (tertiary alicyclic amines) is 1. The largest absolute Gasteiger partial charge is 0.473 e. The lowest BCUT2D eigenvalue weighted by molar-refractivity contribution is 0.0588. The first-order valence-electron chi connectivity index (χ1n) is 9.64. The Labute approximate surface area is 167 Å². The number of para-hydroxylation sites is 1. The zero-order chi connectivity index (χ0) is 19.6. The number of nitrogens with zero attached hydrogens (tertiary/aromatic N) is 5. The molecule has 0 unspecified atom stereocenters. The number of fused-ring (bicyclic) bond motifs is 1. The molecule has 1 aliphatic rings. The van der Waals surface area contributed by atoms with Gasteiger partial charge in [-0.2, -0.15) is 5.10 Å². The van der Waals surface area contributed by atoms with Crippen molar-refractivity contribution >= 4 is 16.8 Å². The smallest absolute Gasteiger partial charge is 0.256 e. The van der Waals surface area contributed by atoms with Crippen LogP contribution in [-0.2, 0) is 0 Å². The van der Waals surface area contributed by atoms with Crippen molar-refractivity contribution < 1.29 is 9.53 Å². The molecule has 0 atom stereocenters. The zero-order valence-electron chi connectivity index (χ0n) is 15.7. The van der Waals surface area contributed by atoms with Crippen molar-refractivity contribution in [2.45, 2.75) is 18.9 Å². The number of hydrogen-bond donors (Lipinski definition) is 1. The summed E-state index contributed by atoms with van der Waals surface area (Å²) in [6, 6.07) is 13.3. The predicted molar refractivity (Wildman–Crippen MR) is 107 cm³/mol. The Morgan fingerprint density at radius 3 is 2.69 bits per heavy atom. The highest BCUT2D eigenvalue weighted by molar-refractivity contribution is 6.06. The Balaban J connectivity index is 1.20. The van der Waals surface area contributed by atoms with Gasteiger partial charge in [-0.25, -0.2) is 4.68 Å². The Bertz CT molecular complexity index is 1110. The van der Waals surface area contributed by atoms with Gasteiger partial charge in [0.1, 0.15) is 6.10 Å². The predicted octanol–water partition coefficient (Wildman–Crippen LogP) is 2.83. The molecule has 4 aromatic rings. The lowest BCUT2D eigenvalue weighted by Gasteiger charge is -2.31. The number of aromatic nitrogens is 5. The average molecular weight is 388 g/mol. The van der Waals surface area contributed by atoms with Crippen LogP contribution in [0.15, 0.2) is 61.1 Å². The standard InChI is InChI=1S/C21H20N6O2/c28-21(17-14-22-18-5-2-1-4-16(17)18)26-12-8-15(9-13-26)29-20-7-6-19(24-25-20)27-11-3-10-23-27/h1-7,10-11,14-15,22H,8-9,12-13H2. The minimum atomic E-state index is 0.0203. The summed E-state index contributed by atoms with van der Waals surface area (Å²) in [6.45, 7) is 1.31. The number of aromatic amines is 1. The van der Waals surface area contributed by atoms with Crippen LogP contribution in [0.25, 0.3) is 16.7 Å². The summed E-state index contributed by atoms with van der Waals surface area (Å²) in [5.41, 5.74) is 1.70. The van der Waals surface area contributed by atoms with Gasteiger partial charge in [-0.15, -0.1) is 10.2 Å². The highest BCUT2D eigenvalue weighted by Gasteiger charge is 2.26. The van der Waals surface area contributed by atoms with Crippen LogP contribution in [0.2, 0.25) is 0 Å².